The van der Waals surface area contributed by atoms with Crippen molar-refractivity contribution in [1.29, 1.82) is 0 Å². The van der Waals surface area contributed by atoms with Gasteiger partial charge in [0.2, 0.25) is 5.91 Å². The minimum absolute atomic E-state index is 0.110. The number of nitrogens with zero attached hydrogens (tertiary/aromatic N) is 1. The van der Waals surface area contributed by atoms with Gasteiger partial charge >= 0.3 is 0 Å². The molecule has 2 fully saturated rings. The molecule has 2 saturated heterocycles. The van der Waals surface area contributed by atoms with E-state index in [-0.39, 0.29) is 5.91 Å². The highest BCUT2D eigenvalue weighted by atomic mass is 35.5. The molecule has 0 spiro atoms. The maximum atomic E-state index is 13.0. The van der Waals surface area contributed by atoms with Crippen LogP contribution in [0, 0.1) is 0 Å². The highest BCUT2D eigenvalue weighted by molar-refractivity contribution is 6.30. The van der Waals surface area contributed by atoms with Crippen molar-refractivity contribution >= 4 is 17.5 Å². The van der Waals surface area contributed by atoms with Gasteiger partial charge in [-0.15, -0.1) is 0 Å². The molecular formula is C19H28ClN3O2. The Balaban J connectivity index is 1.58. The summed E-state index contributed by atoms with van der Waals surface area (Å²) in [5.74, 6) is 0.110. The molecule has 1 aromatic rings. The van der Waals surface area contributed by atoms with Gasteiger partial charge in [-0.3, -0.25) is 4.79 Å². The second-order valence-electron chi connectivity index (χ2n) is 6.91. The first kappa shape index (κ1) is 18.6. The van der Waals surface area contributed by atoms with Crippen molar-refractivity contribution in [3.63, 3.8) is 0 Å². The topological polar surface area (TPSA) is 53.6 Å². The summed E-state index contributed by atoms with van der Waals surface area (Å²) in [5.41, 5.74) is 0.487. The molecule has 2 heterocycles. The number of benzene rings is 1. The SMILES string of the molecule is O=C(NCCCN1CCNCC1)C1(c2cccc(Cl)c2)CCOCC1. The Kier molecular flexibility index (Phi) is 6.70. The molecule has 2 aliphatic heterocycles. The van der Waals surface area contributed by atoms with Crippen LogP contribution in [0.4, 0.5) is 0 Å². The Morgan fingerprint density at radius 3 is 2.76 bits per heavy atom. The van der Waals surface area contributed by atoms with E-state index in [2.05, 4.69) is 15.5 Å². The predicted octanol–water partition coefficient (Wildman–Crippen LogP) is 1.80. The molecule has 0 atom stereocenters. The van der Waals surface area contributed by atoms with Crippen molar-refractivity contribution < 1.29 is 9.53 Å². The lowest BCUT2D eigenvalue weighted by molar-refractivity contribution is -0.130. The average Bonchev–Trinajstić information content (AvgIpc) is 2.66. The smallest absolute Gasteiger partial charge is 0.230 e. The first-order valence-electron chi connectivity index (χ1n) is 9.26. The molecule has 2 aliphatic rings. The van der Waals surface area contributed by atoms with E-state index < -0.39 is 5.41 Å². The van der Waals surface area contributed by atoms with E-state index in [0.29, 0.717) is 37.6 Å². The van der Waals surface area contributed by atoms with Gasteiger partial charge in [0.1, 0.15) is 0 Å². The van der Waals surface area contributed by atoms with Crippen molar-refractivity contribution in [2.45, 2.75) is 24.7 Å². The molecule has 0 aromatic heterocycles. The van der Waals surface area contributed by atoms with Gasteiger partial charge in [-0.1, -0.05) is 23.7 Å². The van der Waals surface area contributed by atoms with Crippen LogP contribution in [-0.4, -0.2) is 63.3 Å². The number of piperazine rings is 1. The molecule has 2 N–H and O–H groups in total. The molecule has 138 valence electrons. The van der Waals surface area contributed by atoms with E-state index in [1.807, 2.05) is 24.3 Å². The third kappa shape index (κ3) is 4.73. The fourth-order valence-electron chi connectivity index (χ4n) is 3.76. The first-order chi connectivity index (χ1) is 12.2. The van der Waals surface area contributed by atoms with Gasteiger partial charge in [-0.05, 0) is 43.5 Å². The van der Waals surface area contributed by atoms with E-state index in [4.69, 9.17) is 16.3 Å². The van der Waals surface area contributed by atoms with E-state index in [9.17, 15) is 4.79 Å². The quantitative estimate of drug-likeness (QED) is 0.755. The Hall–Kier alpha value is -1.14. The molecule has 5 nitrogen and oxygen atoms in total. The Morgan fingerprint density at radius 1 is 1.28 bits per heavy atom. The van der Waals surface area contributed by atoms with Gasteiger partial charge in [-0.2, -0.15) is 0 Å². The summed E-state index contributed by atoms with van der Waals surface area (Å²) in [4.78, 5) is 15.5. The van der Waals surface area contributed by atoms with Crippen LogP contribution < -0.4 is 10.6 Å². The summed E-state index contributed by atoms with van der Waals surface area (Å²) in [5, 5.41) is 7.21. The monoisotopic (exact) mass is 365 g/mol. The number of ether oxygens (including phenoxy) is 1. The van der Waals surface area contributed by atoms with Crippen LogP contribution >= 0.6 is 11.6 Å². The Morgan fingerprint density at radius 2 is 2.04 bits per heavy atom. The van der Waals surface area contributed by atoms with Crippen molar-refractivity contribution in [3.8, 4) is 0 Å². The van der Waals surface area contributed by atoms with Crippen molar-refractivity contribution in [2.24, 2.45) is 0 Å². The van der Waals surface area contributed by atoms with Crippen LogP contribution in [0.3, 0.4) is 0 Å². The minimum atomic E-state index is -0.516. The van der Waals surface area contributed by atoms with E-state index in [0.717, 1.165) is 44.7 Å². The van der Waals surface area contributed by atoms with Crippen LogP contribution in [0.1, 0.15) is 24.8 Å². The number of hydrogen-bond donors (Lipinski definition) is 2. The summed E-state index contributed by atoms with van der Waals surface area (Å²) in [6.45, 7) is 7.28. The van der Waals surface area contributed by atoms with Gasteiger partial charge in [0.05, 0.1) is 5.41 Å². The predicted molar refractivity (Wildman–Crippen MR) is 100 cm³/mol. The van der Waals surface area contributed by atoms with Gasteiger partial charge < -0.3 is 20.3 Å². The van der Waals surface area contributed by atoms with Crippen LogP contribution in [0.15, 0.2) is 24.3 Å². The molecular weight excluding hydrogens is 338 g/mol. The zero-order valence-corrected chi connectivity index (χ0v) is 15.5. The lowest BCUT2D eigenvalue weighted by atomic mass is 9.73. The summed E-state index contributed by atoms with van der Waals surface area (Å²) >= 11 is 6.17. The lowest BCUT2D eigenvalue weighted by Gasteiger charge is -2.36. The number of carbonyl (C=O) groups is 1. The molecule has 6 heteroatoms. The minimum Gasteiger partial charge on any atom is -0.381 e. The van der Waals surface area contributed by atoms with Gasteiger partial charge in [0, 0.05) is 51.0 Å². The second kappa shape index (κ2) is 8.99. The van der Waals surface area contributed by atoms with Crippen molar-refractivity contribution in [1.82, 2.24) is 15.5 Å². The third-order valence-corrected chi connectivity index (χ3v) is 5.54. The van der Waals surface area contributed by atoms with Crippen LogP contribution in [0.5, 0.6) is 0 Å². The number of carbonyl (C=O) groups excluding carboxylic acids is 1. The lowest BCUT2D eigenvalue weighted by Crippen LogP contribution is -2.49. The van der Waals surface area contributed by atoms with E-state index >= 15 is 0 Å². The fourth-order valence-corrected chi connectivity index (χ4v) is 3.95. The molecule has 0 bridgehead atoms. The maximum absolute atomic E-state index is 13.0. The van der Waals surface area contributed by atoms with Crippen LogP contribution in [-0.2, 0) is 14.9 Å². The molecule has 0 aliphatic carbocycles. The summed E-state index contributed by atoms with van der Waals surface area (Å²) in [6.07, 6.45) is 2.39. The zero-order valence-electron chi connectivity index (χ0n) is 14.7. The van der Waals surface area contributed by atoms with E-state index in [1.54, 1.807) is 0 Å². The molecule has 0 unspecified atom stereocenters. The average molecular weight is 366 g/mol. The summed E-state index contributed by atoms with van der Waals surface area (Å²) in [6, 6.07) is 7.71. The third-order valence-electron chi connectivity index (χ3n) is 5.30. The molecule has 0 radical (unpaired) electrons. The second-order valence-corrected chi connectivity index (χ2v) is 7.34. The maximum Gasteiger partial charge on any atom is 0.230 e. The van der Waals surface area contributed by atoms with Crippen LogP contribution in [0.25, 0.3) is 0 Å². The highest BCUT2D eigenvalue weighted by Gasteiger charge is 2.41. The van der Waals surface area contributed by atoms with Gasteiger partial charge in [-0.25, -0.2) is 0 Å². The highest BCUT2D eigenvalue weighted by Crippen LogP contribution is 2.36. The molecule has 1 aromatic carbocycles. The summed E-state index contributed by atoms with van der Waals surface area (Å²) in [7, 11) is 0. The number of rotatable bonds is 6. The number of hydrogen-bond acceptors (Lipinski definition) is 4. The Labute approximate surface area is 155 Å². The standard InChI is InChI=1S/C19H28ClN3O2/c20-17-4-1-3-16(15-17)19(5-13-25-14-6-19)18(24)22-7-2-10-23-11-8-21-9-12-23/h1,3-4,15,21H,2,5-14H2,(H,22,24). The van der Waals surface area contributed by atoms with Crippen LogP contribution in [0.2, 0.25) is 5.02 Å². The fraction of sp³-hybridized carbons (Fsp3) is 0.632. The normalized spacial score (nSPS) is 21.0. The number of halogens is 1. The molecule has 3 rings (SSSR count). The van der Waals surface area contributed by atoms with Crippen molar-refractivity contribution in [3.05, 3.63) is 34.9 Å². The first-order valence-corrected chi connectivity index (χ1v) is 9.64. The molecule has 25 heavy (non-hydrogen) atoms. The molecule has 0 saturated carbocycles. The van der Waals surface area contributed by atoms with Gasteiger partial charge in [0.15, 0.2) is 0 Å². The zero-order chi connectivity index (χ0) is 17.5. The number of nitrogens with one attached hydrogen (secondary N) is 2. The van der Waals surface area contributed by atoms with E-state index in [1.165, 1.54) is 0 Å². The van der Waals surface area contributed by atoms with Gasteiger partial charge in [0.25, 0.3) is 0 Å². The van der Waals surface area contributed by atoms with Crippen molar-refractivity contribution in [2.75, 3.05) is 52.5 Å². The largest absolute Gasteiger partial charge is 0.381 e. The Bertz CT molecular complexity index is 570. The molecule has 1 amide bonds. The number of amides is 1. The summed E-state index contributed by atoms with van der Waals surface area (Å²) < 4.78 is 5.51.